The molecule has 1 rings (SSSR count). The molecule has 0 saturated heterocycles. The van der Waals surface area contributed by atoms with Gasteiger partial charge in [-0.3, -0.25) is 4.79 Å². The van der Waals surface area contributed by atoms with Crippen LogP contribution in [0, 0.1) is 35.5 Å². The molecule has 0 spiro atoms. The summed E-state index contributed by atoms with van der Waals surface area (Å²) in [5, 5.41) is 2.82. The van der Waals surface area contributed by atoms with E-state index in [1.807, 2.05) is 0 Å². The number of likely N-dealkylation sites (N-methyl/N-ethyl adjacent to an activating group) is 1. The molecule has 1 amide bonds. The Hall–Kier alpha value is -0.790. The minimum absolute atomic E-state index is 0.117. The van der Waals surface area contributed by atoms with Gasteiger partial charge in [-0.2, -0.15) is 0 Å². The van der Waals surface area contributed by atoms with Gasteiger partial charge in [-0.15, -0.1) is 0 Å². The number of rotatable bonds is 4. The molecule has 110 valence electrons. The number of hydrogen-bond acceptors (Lipinski definition) is 1. The molecular weight excluding hydrogens is 234 g/mol. The van der Waals surface area contributed by atoms with E-state index in [1.54, 1.807) is 7.05 Å². The monoisotopic (exact) mass is 265 g/mol. The van der Waals surface area contributed by atoms with Crippen molar-refractivity contribution in [3.8, 4) is 0 Å². The van der Waals surface area contributed by atoms with Crippen LogP contribution in [0.25, 0.3) is 0 Å². The van der Waals surface area contributed by atoms with Crippen LogP contribution in [0.15, 0.2) is 11.6 Å². The van der Waals surface area contributed by atoms with Crippen molar-refractivity contribution >= 4 is 5.91 Å². The lowest BCUT2D eigenvalue weighted by molar-refractivity contribution is -0.118. The summed E-state index contributed by atoms with van der Waals surface area (Å²) in [5.41, 5.74) is 1.02. The lowest BCUT2D eigenvalue weighted by Crippen LogP contribution is -2.41. The number of allylic oxidation sites excluding steroid dienone is 1. The SMILES string of the molecule is CNC(=O)C1=CCC(C(C)C)C(C(C)C)C1C(C)C. The summed E-state index contributed by atoms with van der Waals surface area (Å²) >= 11 is 0. The molecule has 1 aliphatic rings. The zero-order valence-electron chi connectivity index (χ0n) is 13.7. The average Bonchev–Trinajstić information content (AvgIpc) is 2.35. The fourth-order valence-corrected chi connectivity index (χ4v) is 3.85. The highest BCUT2D eigenvalue weighted by Gasteiger charge is 2.41. The molecule has 3 atom stereocenters. The van der Waals surface area contributed by atoms with E-state index in [0.717, 1.165) is 12.0 Å². The van der Waals surface area contributed by atoms with Gasteiger partial charge < -0.3 is 5.32 Å². The van der Waals surface area contributed by atoms with E-state index in [0.29, 0.717) is 35.5 Å². The van der Waals surface area contributed by atoms with Crippen LogP contribution in [0.1, 0.15) is 48.0 Å². The minimum Gasteiger partial charge on any atom is -0.355 e. The first-order valence-corrected chi connectivity index (χ1v) is 7.73. The topological polar surface area (TPSA) is 29.1 Å². The summed E-state index contributed by atoms with van der Waals surface area (Å²) in [7, 11) is 1.74. The molecule has 1 N–H and O–H groups in total. The third-order valence-corrected chi connectivity index (χ3v) is 4.71. The number of amides is 1. The summed E-state index contributed by atoms with van der Waals surface area (Å²) in [6.45, 7) is 13.7. The average molecular weight is 265 g/mol. The van der Waals surface area contributed by atoms with Gasteiger partial charge in [0.25, 0.3) is 0 Å². The first-order chi connectivity index (χ1) is 8.81. The van der Waals surface area contributed by atoms with Crippen molar-refractivity contribution in [2.24, 2.45) is 35.5 Å². The predicted molar refractivity (Wildman–Crippen MR) is 81.8 cm³/mol. The summed E-state index contributed by atoms with van der Waals surface area (Å²) in [5.74, 6) is 3.62. The van der Waals surface area contributed by atoms with Crippen molar-refractivity contribution in [2.75, 3.05) is 7.05 Å². The first kappa shape index (κ1) is 16.3. The van der Waals surface area contributed by atoms with Crippen LogP contribution in [-0.2, 0) is 4.79 Å². The number of nitrogens with one attached hydrogen (secondary N) is 1. The van der Waals surface area contributed by atoms with E-state index in [1.165, 1.54) is 0 Å². The van der Waals surface area contributed by atoms with Gasteiger partial charge in [-0.25, -0.2) is 0 Å². The highest BCUT2D eigenvalue weighted by molar-refractivity contribution is 5.94. The molecule has 0 heterocycles. The molecule has 0 saturated carbocycles. The predicted octanol–water partition coefficient (Wildman–Crippen LogP) is 3.88. The molecule has 1 aliphatic carbocycles. The highest BCUT2D eigenvalue weighted by atomic mass is 16.1. The fraction of sp³-hybridized carbons (Fsp3) is 0.824. The maximum atomic E-state index is 12.1. The maximum Gasteiger partial charge on any atom is 0.246 e. The molecular formula is C17H31NO. The molecule has 0 fully saturated rings. The molecule has 3 unspecified atom stereocenters. The lowest BCUT2D eigenvalue weighted by atomic mass is 9.61. The molecule has 19 heavy (non-hydrogen) atoms. The highest BCUT2D eigenvalue weighted by Crippen LogP contribution is 2.46. The Morgan fingerprint density at radius 2 is 1.68 bits per heavy atom. The van der Waals surface area contributed by atoms with Crippen molar-refractivity contribution in [1.29, 1.82) is 0 Å². The lowest BCUT2D eigenvalue weighted by Gasteiger charge is -2.44. The van der Waals surface area contributed by atoms with E-state index in [-0.39, 0.29) is 5.91 Å². The molecule has 0 aromatic carbocycles. The number of carbonyl (C=O) groups excluding carboxylic acids is 1. The summed E-state index contributed by atoms with van der Waals surface area (Å²) in [6.07, 6.45) is 3.25. The molecule has 2 heteroatoms. The maximum absolute atomic E-state index is 12.1. The van der Waals surface area contributed by atoms with Crippen molar-refractivity contribution in [3.63, 3.8) is 0 Å². The molecule has 2 nitrogen and oxygen atoms in total. The Labute approximate surface area is 119 Å². The second-order valence-electron chi connectivity index (χ2n) is 6.97. The van der Waals surface area contributed by atoms with Gasteiger partial charge in [0.05, 0.1) is 0 Å². The second kappa shape index (κ2) is 6.58. The summed E-state index contributed by atoms with van der Waals surface area (Å²) in [6, 6.07) is 0. The third-order valence-electron chi connectivity index (χ3n) is 4.71. The van der Waals surface area contributed by atoms with Gasteiger partial charge in [0, 0.05) is 12.6 Å². The fourth-order valence-electron chi connectivity index (χ4n) is 3.85. The van der Waals surface area contributed by atoms with E-state index < -0.39 is 0 Å². The van der Waals surface area contributed by atoms with Crippen molar-refractivity contribution in [2.45, 2.75) is 48.0 Å². The molecule has 0 radical (unpaired) electrons. The second-order valence-corrected chi connectivity index (χ2v) is 6.97. The van der Waals surface area contributed by atoms with E-state index >= 15 is 0 Å². The molecule has 0 aromatic rings. The minimum atomic E-state index is 0.117. The van der Waals surface area contributed by atoms with Gasteiger partial charge in [-0.05, 0) is 41.9 Å². The van der Waals surface area contributed by atoms with E-state index in [2.05, 4.69) is 52.9 Å². The van der Waals surface area contributed by atoms with Crippen LogP contribution in [0.2, 0.25) is 0 Å². The zero-order valence-corrected chi connectivity index (χ0v) is 13.7. The van der Waals surface area contributed by atoms with Crippen LogP contribution >= 0.6 is 0 Å². The Bertz CT molecular complexity index is 341. The van der Waals surface area contributed by atoms with Crippen LogP contribution in [0.3, 0.4) is 0 Å². The van der Waals surface area contributed by atoms with E-state index in [9.17, 15) is 4.79 Å². The largest absolute Gasteiger partial charge is 0.355 e. The number of hydrogen-bond donors (Lipinski definition) is 1. The zero-order chi connectivity index (χ0) is 14.7. The Morgan fingerprint density at radius 3 is 2.05 bits per heavy atom. The normalized spacial score (nSPS) is 27.9. The first-order valence-electron chi connectivity index (χ1n) is 7.73. The number of carbonyl (C=O) groups is 1. The Kier molecular flexibility index (Phi) is 5.64. The third kappa shape index (κ3) is 3.40. The molecule has 0 bridgehead atoms. The van der Waals surface area contributed by atoms with Gasteiger partial charge >= 0.3 is 0 Å². The van der Waals surface area contributed by atoms with Gasteiger partial charge in [0.2, 0.25) is 5.91 Å². The van der Waals surface area contributed by atoms with Crippen LogP contribution in [-0.4, -0.2) is 13.0 Å². The Morgan fingerprint density at radius 1 is 1.11 bits per heavy atom. The summed E-state index contributed by atoms with van der Waals surface area (Å²) in [4.78, 5) is 12.1. The van der Waals surface area contributed by atoms with Crippen LogP contribution < -0.4 is 5.32 Å². The van der Waals surface area contributed by atoms with Crippen LogP contribution in [0.4, 0.5) is 0 Å². The van der Waals surface area contributed by atoms with E-state index in [4.69, 9.17) is 0 Å². The quantitative estimate of drug-likeness (QED) is 0.821. The van der Waals surface area contributed by atoms with Crippen LogP contribution in [0.5, 0.6) is 0 Å². The van der Waals surface area contributed by atoms with Crippen molar-refractivity contribution in [3.05, 3.63) is 11.6 Å². The molecule has 0 aromatic heterocycles. The van der Waals surface area contributed by atoms with Gasteiger partial charge in [-0.1, -0.05) is 47.6 Å². The molecule has 0 aliphatic heterocycles. The Balaban J connectivity index is 3.19. The van der Waals surface area contributed by atoms with Crippen molar-refractivity contribution in [1.82, 2.24) is 5.32 Å². The van der Waals surface area contributed by atoms with Gasteiger partial charge in [0.15, 0.2) is 0 Å². The summed E-state index contributed by atoms with van der Waals surface area (Å²) < 4.78 is 0. The standard InChI is InChI=1S/C17H31NO/c1-10(2)13-8-9-14(17(19)18-7)16(12(5)6)15(13)11(3)4/h9-13,15-16H,8H2,1-7H3,(H,18,19). The smallest absolute Gasteiger partial charge is 0.246 e. The van der Waals surface area contributed by atoms with Gasteiger partial charge in [0.1, 0.15) is 0 Å². The van der Waals surface area contributed by atoms with Crippen molar-refractivity contribution < 1.29 is 4.79 Å².